The minimum absolute atomic E-state index is 0.0517. The minimum atomic E-state index is -0.0517. The molecule has 1 aliphatic rings. The Hall–Kier alpha value is -1.20. The zero-order chi connectivity index (χ0) is 15.1. The van der Waals surface area contributed by atoms with Crippen molar-refractivity contribution in [3.05, 3.63) is 29.3 Å². The molecular weight excluding hydrogens is 308 g/mol. The van der Waals surface area contributed by atoms with Crippen molar-refractivity contribution in [3.8, 4) is 0 Å². The molecule has 1 saturated heterocycles. The molecule has 1 fully saturated rings. The van der Waals surface area contributed by atoms with Crippen LogP contribution in [0.5, 0.6) is 0 Å². The fourth-order valence-electron chi connectivity index (χ4n) is 2.16. The van der Waals surface area contributed by atoms with Gasteiger partial charge in [-0.3, -0.25) is 9.59 Å². The molecule has 1 N–H and O–H groups in total. The molecule has 0 radical (unpaired) electrons. The number of amides is 2. The predicted octanol–water partition coefficient (Wildman–Crippen LogP) is 2.56. The van der Waals surface area contributed by atoms with Crippen molar-refractivity contribution in [2.75, 3.05) is 25.4 Å². The molecular formula is C15H19ClN2O2S. The first-order chi connectivity index (χ1) is 10.1. The average Bonchev–Trinajstić information content (AvgIpc) is 3.01. The van der Waals surface area contributed by atoms with Crippen LogP contribution in [0.4, 0.5) is 0 Å². The van der Waals surface area contributed by atoms with Gasteiger partial charge in [-0.25, -0.2) is 0 Å². The number of nitrogens with one attached hydrogen (secondary N) is 1. The van der Waals surface area contributed by atoms with Gasteiger partial charge >= 0.3 is 0 Å². The molecule has 2 amide bonds. The summed E-state index contributed by atoms with van der Waals surface area (Å²) in [5, 5.41) is 3.47. The van der Waals surface area contributed by atoms with Crippen LogP contribution >= 0.6 is 23.4 Å². The zero-order valence-electron chi connectivity index (χ0n) is 11.8. The third-order valence-electron chi connectivity index (χ3n) is 3.30. The zero-order valence-corrected chi connectivity index (χ0v) is 13.4. The van der Waals surface area contributed by atoms with E-state index in [0.717, 1.165) is 30.8 Å². The Morgan fingerprint density at radius 3 is 2.52 bits per heavy atom. The lowest BCUT2D eigenvalue weighted by molar-refractivity contribution is -0.130. The summed E-state index contributed by atoms with van der Waals surface area (Å²) >= 11 is 7.26. The van der Waals surface area contributed by atoms with Crippen molar-refractivity contribution < 1.29 is 9.59 Å². The first kappa shape index (κ1) is 16.2. The molecule has 4 nitrogen and oxygen atoms in total. The number of nitrogens with zero attached hydrogens (tertiary/aromatic N) is 1. The number of benzene rings is 1. The highest BCUT2D eigenvalue weighted by Crippen LogP contribution is 2.19. The standard InChI is InChI=1S/C15H19ClN2O2S/c16-12-3-5-13(6-4-12)21-11-14(19)17-8-7-15(20)18-9-1-2-10-18/h3-6H,1-2,7-11H2,(H,17,19). The maximum absolute atomic E-state index is 11.8. The second kappa shape index (κ2) is 8.29. The Labute approximate surface area is 134 Å². The normalized spacial score (nSPS) is 14.2. The minimum Gasteiger partial charge on any atom is -0.355 e. The second-order valence-electron chi connectivity index (χ2n) is 4.93. The molecule has 0 unspecified atom stereocenters. The van der Waals surface area contributed by atoms with Crippen LogP contribution in [-0.4, -0.2) is 42.1 Å². The molecule has 1 heterocycles. The van der Waals surface area contributed by atoms with Crippen molar-refractivity contribution in [3.63, 3.8) is 0 Å². The van der Waals surface area contributed by atoms with E-state index >= 15 is 0 Å². The van der Waals surface area contributed by atoms with E-state index < -0.39 is 0 Å². The van der Waals surface area contributed by atoms with Gasteiger partial charge in [0.05, 0.1) is 5.75 Å². The summed E-state index contributed by atoms with van der Waals surface area (Å²) in [4.78, 5) is 26.4. The summed E-state index contributed by atoms with van der Waals surface area (Å²) in [6.45, 7) is 2.13. The Bertz CT molecular complexity index is 487. The monoisotopic (exact) mass is 326 g/mol. The van der Waals surface area contributed by atoms with Crippen molar-refractivity contribution in [2.45, 2.75) is 24.2 Å². The SMILES string of the molecule is O=C(CSc1ccc(Cl)cc1)NCCC(=O)N1CCCC1. The van der Waals surface area contributed by atoms with E-state index in [1.54, 1.807) is 12.1 Å². The third-order valence-corrected chi connectivity index (χ3v) is 4.57. The molecule has 0 bridgehead atoms. The molecule has 1 aromatic rings. The molecule has 0 saturated carbocycles. The maximum atomic E-state index is 11.8. The summed E-state index contributed by atoms with van der Waals surface area (Å²) in [7, 11) is 0. The first-order valence-corrected chi connectivity index (χ1v) is 8.44. The Morgan fingerprint density at radius 1 is 1.19 bits per heavy atom. The van der Waals surface area contributed by atoms with E-state index in [1.165, 1.54) is 11.8 Å². The van der Waals surface area contributed by atoms with E-state index in [2.05, 4.69) is 5.32 Å². The van der Waals surface area contributed by atoms with Crippen LogP contribution in [0.2, 0.25) is 5.02 Å². The van der Waals surface area contributed by atoms with Gasteiger partial charge in [-0.2, -0.15) is 0 Å². The molecule has 21 heavy (non-hydrogen) atoms. The van der Waals surface area contributed by atoms with Crippen LogP contribution in [0.1, 0.15) is 19.3 Å². The maximum Gasteiger partial charge on any atom is 0.230 e. The smallest absolute Gasteiger partial charge is 0.230 e. The summed E-state index contributed by atoms with van der Waals surface area (Å²) in [6, 6.07) is 7.38. The van der Waals surface area contributed by atoms with Gasteiger partial charge in [0.15, 0.2) is 0 Å². The first-order valence-electron chi connectivity index (χ1n) is 7.08. The number of carbonyl (C=O) groups is 2. The molecule has 114 valence electrons. The molecule has 0 atom stereocenters. The van der Waals surface area contributed by atoms with Crippen LogP contribution in [0, 0.1) is 0 Å². The van der Waals surface area contributed by atoms with Gasteiger partial charge in [0.1, 0.15) is 0 Å². The van der Waals surface area contributed by atoms with Gasteiger partial charge in [-0.05, 0) is 37.1 Å². The van der Waals surface area contributed by atoms with Crippen molar-refractivity contribution in [1.82, 2.24) is 10.2 Å². The molecule has 0 spiro atoms. The number of thioether (sulfide) groups is 1. The van der Waals surface area contributed by atoms with Crippen LogP contribution in [-0.2, 0) is 9.59 Å². The summed E-state index contributed by atoms with van der Waals surface area (Å²) < 4.78 is 0. The quantitative estimate of drug-likeness (QED) is 0.817. The Morgan fingerprint density at radius 2 is 1.86 bits per heavy atom. The van der Waals surface area contributed by atoms with Gasteiger partial charge in [-0.15, -0.1) is 11.8 Å². The molecule has 1 aliphatic heterocycles. The third kappa shape index (κ3) is 5.59. The van der Waals surface area contributed by atoms with E-state index in [4.69, 9.17) is 11.6 Å². The van der Waals surface area contributed by atoms with Gasteiger partial charge in [-0.1, -0.05) is 11.6 Å². The van der Waals surface area contributed by atoms with E-state index in [-0.39, 0.29) is 11.8 Å². The van der Waals surface area contributed by atoms with Crippen molar-refractivity contribution in [1.29, 1.82) is 0 Å². The fourth-order valence-corrected chi connectivity index (χ4v) is 3.02. The van der Waals surface area contributed by atoms with Gasteiger partial charge in [0.2, 0.25) is 11.8 Å². The van der Waals surface area contributed by atoms with E-state index in [9.17, 15) is 9.59 Å². The number of hydrogen-bond donors (Lipinski definition) is 1. The number of hydrogen-bond acceptors (Lipinski definition) is 3. The van der Waals surface area contributed by atoms with Gasteiger partial charge < -0.3 is 10.2 Å². The summed E-state index contributed by atoms with van der Waals surface area (Å²) in [5.41, 5.74) is 0. The highest BCUT2D eigenvalue weighted by Gasteiger charge is 2.17. The molecule has 0 aromatic heterocycles. The lowest BCUT2D eigenvalue weighted by Gasteiger charge is -2.15. The van der Waals surface area contributed by atoms with Crippen LogP contribution in [0.3, 0.4) is 0 Å². The number of carbonyl (C=O) groups excluding carboxylic acids is 2. The molecule has 0 aliphatic carbocycles. The van der Waals surface area contributed by atoms with Crippen LogP contribution in [0.25, 0.3) is 0 Å². The Kier molecular flexibility index (Phi) is 6.39. The predicted molar refractivity (Wildman–Crippen MR) is 85.6 cm³/mol. The molecule has 1 aromatic carbocycles. The number of likely N-dealkylation sites (tertiary alicyclic amines) is 1. The highest BCUT2D eigenvalue weighted by atomic mass is 35.5. The van der Waals surface area contributed by atoms with Crippen LogP contribution in [0.15, 0.2) is 29.2 Å². The number of halogens is 1. The molecule has 2 rings (SSSR count). The van der Waals surface area contributed by atoms with E-state index in [1.807, 2.05) is 17.0 Å². The topological polar surface area (TPSA) is 49.4 Å². The fraction of sp³-hybridized carbons (Fsp3) is 0.467. The largest absolute Gasteiger partial charge is 0.355 e. The number of rotatable bonds is 6. The average molecular weight is 327 g/mol. The van der Waals surface area contributed by atoms with Crippen LogP contribution < -0.4 is 5.32 Å². The van der Waals surface area contributed by atoms with Gasteiger partial charge in [0, 0.05) is 36.0 Å². The lowest BCUT2D eigenvalue weighted by Crippen LogP contribution is -2.33. The highest BCUT2D eigenvalue weighted by molar-refractivity contribution is 8.00. The van der Waals surface area contributed by atoms with Crippen molar-refractivity contribution >= 4 is 35.2 Å². The van der Waals surface area contributed by atoms with Crippen molar-refractivity contribution in [2.24, 2.45) is 0 Å². The Balaban J connectivity index is 1.61. The lowest BCUT2D eigenvalue weighted by atomic mass is 10.3. The molecule has 6 heteroatoms. The second-order valence-corrected chi connectivity index (χ2v) is 6.42. The summed E-state index contributed by atoms with van der Waals surface area (Å²) in [5.74, 6) is 0.432. The summed E-state index contributed by atoms with van der Waals surface area (Å²) in [6.07, 6.45) is 2.57. The van der Waals surface area contributed by atoms with E-state index in [0.29, 0.717) is 23.7 Å². The van der Waals surface area contributed by atoms with Gasteiger partial charge in [0.25, 0.3) is 0 Å².